The fourth-order valence-electron chi connectivity index (χ4n) is 2.63. The Morgan fingerprint density at radius 1 is 1.50 bits per heavy atom. The lowest BCUT2D eigenvalue weighted by molar-refractivity contribution is 0.0172. The van der Waals surface area contributed by atoms with Gasteiger partial charge in [0.25, 0.3) is 0 Å². The van der Waals surface area contributed by atoms with Crippen molar-refractivity contribution in [1.82, 2.24) is 4.90 Å². The zero-order valence-electron chi connectivity index (χ0n) is 11.3. The minimum absolute atomic E-state index is 0.481. The van der Waals surface area contributed by atoms with E-state index >= 15 is 0 Å². The van der Waals surface area contributed by atoms with Crippen molar-refractivity contribution in [1.29, 1.82) is 5.26 Å². The van der Waals surface area contributed by atoms with Crippen LogP contribution in [0.1, 0.15) is 39.5 Å². The molecule has 1 heterocycles. The van der Waals surface area contributed by atoms with Crippen LogP contribution in [0.2, 0.25) is 0 Å². The van der Waals surface area contributed by atoms with Gasteiger partial charge in [-0.05, 0) is 52.1 Å². The van der Waals surface area contributed by atoms with Gasteiger partial charge in [0, 0.05) is 13.0 Å². The van der Waals surface area contributed by atoms with Gasteiger partial charge in [-0.25, -0.2) is 4.79 Å². The first-order chi connectivity index (χ1) is 8.43. The average molecular weight is 253 g/mol. The van der Waals surface area contributed by atoms with Gasteiger partial charge in [-0.2, -0.15) is 5.26 Å². The number of nitrogens with two attached hydrogens (primary N) is 1. The number of ether oxygens (including phenoxy) is 1. The molecular weight excluding hydrogens is 230 g/mol. The maximum absolute atomic E-state index is 10.8. The smallest absolute Gasteiger partial charge is 0.405 e. The van der Waals surface area contributed by atoms with E-state index in [1.165, 1.54) is 0 Å². The van der Waals surface area contributed by atoms with Crippen LogP contribution in [-0.2, 0) is 4.74 Å². The molecule has 0 spiro atoms. The third-order valence-electron chi connectivity index (χ3n) is 3.40. The molecule has 18 heavy (non-hydrogen) atoms. The lowest BCUT2D eigenvalue weighted by atomic mass is 9.86. The van der Waals surface area contributed by atoms with Crippen LogP contribution in [0.4, 0.5) is 4.79 Å². The largest absolute Gasteiger partial charge is 0.444 e. The number of rotatable bonds is 5. The lowest BCUT2D eigenvalue weighted by Crippen LogP contribution is -2.38. The number of hydrogen-bond acceptors (Lipinski definition) is 4. The second-order valence-electron chi connectivity index (χ2n) is 5.58. The zero-order valence-corrected chi connectivity index (χ0v) is 11.3. The molecule has 1 aliphatic heterocycles. The van der Waals surface area contributed by atoms with Crippen molar-refractivity contribution in [2.45, 2.75) is 45.1 Å². The molecule has 1 rings (SSSR count). The van der Waals surface area contributed by atoms with Crippen LogP contribution >= 0.6 is 0 Å². The summed E-state index contributed by atoms with van der Waals surface area (Å²) in [4.78, 5) is 13.1. The van der Waals surface area contributed by atoms with Gasteiger partial charge in [-0.3, -0.25) is 0 Å². The maximum atomic E-state index is 10.8. The monoisotopic (exact) mass is 253 g/mol. The van der Waals surface area contributed by atoms with Crippen molar-refractivity contribution in [3.63, 3.8) is 0 Å². The van der Waals surface area contributed by atoms with E-state index in [1.807, 2.05) is 13.8 Å². The standard InChI is InChI=1S/C13H23N3O2/c1-13(2,18-12(15)17)10-11-4-8-16(9-5-11)7-3-6-14/h11H,3-5,7-10H2,1-2H3,(H2,15,17). The number of piperidine rings is 1. The first kappa shape index (κ1) is 14.8. The predicted molar refractivity (Wildman–Crippen MR) is 68.8 cm³/mol. The molecule has 102 valence electrons. The van der Waals surface area contributed by atoms with Crippen LogP contribution < -0.4 is 5.73 Å². The normalized spacial score (nSPS) is 18.3. The van der Waals surface area contributed by atoms with E-state index in [4.69, 9.17) is 15.7 Å². The molecule has 0 aromatic rings. The molecule has 0 radical (unpaired) electrons. The Bertz CT molecular complexity index is 315. The number of carbonyl (C=O) groups is 1. The van der Waals surface area contributed by atoms with Crippen LogP contribution in [0.15, 0.2) is 0 Å². The van der Waals surface area contributed by atoms with Gasteiger partial charge in [0.15, 0.2) is 0 Å². The molecule has 1 fully saturated rings. The predicted octanol–water partition coefficient (Wildman–Crippen LogP) is 1.88. The minimum atomic E-state index is -0.702. The van der Waals surface area contributed by atoms with E-state index in [0.29, 0.717) is 12.3 Å². The minimum Gasteiger partial charge on any atom is -0.444 e. The Kier molecular flexibility index (Phi) is 5.42. The van der Waals surface area contributed by atoms with Gasteiger partial charge in [-0.15, -0.1) is 0 Å². The Hall–Kier alpha value is -1.28. The van der Waals surface area contributed by atoms with Gasteiger partial charge in [0.2, 0.25) is 0 Å². The third-order valence-corrected chi connectivity index (χ3v) is 3.40. The Morgan fingerprint density at radius 2 is 2.11 bits per heavy atom. The van der Waals surface area contributed by atoms with Crippen molar-refractivity contribution in [3.8, 4) is 6.07 Å². The summed E-state index contributed by atoms with van der Waals surface area (Å²) >= 11 is 0. The number of carbonyl (C=O) groups excluding carboxylic acids is 1. The van der Waals surface area contributed by atoms with Crippen LogP contribution in [0.3, 0.4) is 0 Å². The maximum Gasteiger partial charge on any atom is 0.405 e. The Labute approximate surface area is 109 Å². The van der Waals surface area contributed by atoms with Crippen LogP contribution in [0.25, 0.3) is 0 Å². The highest BCUT2D eigenvalue weighted by molar-refractivity contribution is 5.65. The summed E-state index contributed by atoms with van der Waals surface area (Å²) in [6, 6.07) is 2.17. The molecule has 0 atom stereocenters. The number of likely N-dealkylation sites (tertiary alicyclic amines) is 1. The van der Waals surface area contributed by atoms with E-state index in [-0.39, 0.29) is 0 Å². The molecule has 0 bridgehead atoms. The zero-order chi connectivity index (χ0) is 13.6. The first-order valence-electron chi connectivity index (χ1n) is 6.51. The molecule has 1 aliphatic rings. The highest BCUT2D eigenvalue weighted by atomic mass is 16.6. The van der Waals surface area contributed by atoms with Crippen LogP contribution in [0.5, 0.6) is 0 Å². The van der Waals surface area contributed by atoms with Crippen molar-refractivity contribution in [3.05, 3.63) is 0 Å². The van der Waals surface area contributed by atoms with Crippen molar-refractivity contribution < 1.29 is 9.53 Å². The summed E-state index contributed by atoms with van der Waals surface area (Å²) in [6.07, 6.45) is 2.93. The SMILES string of the molecule is CC(C)(CC1CCN(CCC#N)CC1)OC(N)=O. The second kappa shape index (κ2) is 6.60. The quantitative estimate of drug-likeness (QED) is 0.811. The van der Waals surface area contributed by atoms with E-state index in [9.17, 15) is 4.79 Å². The van der Waals surface area contributed by atoms with Gasteiger partial charge < -0.3 is 15.4 Å². The number of amides is 1. The molecular formula is C13H23N3O2. The van der Waals surface area contributed by atoms with Crippen LogP contribution in [0, 0.1) is 17.2 Å². The summed E-state index contributed by atoms with van der Waals surface area (Å²) in [5.74, 6) is 0.567. The fraction of sp³-hybridized carbons (Fsp3) is 0.846. The van der Waals surface area contributed by atoms with E-state index in [1.54, 1.807) is 0 Å². The van der Waals surface area contributed by atoms with Crippen molar-refractivity contribution in [2.24, 2.45) is 11.7 Å². The molecule has 2 N–H and O–H groups in total. The lowest BCUT2D eigenvalue weighted by Gasteiger charge is -2.35. The first-order valence-corrected chi connectivity index (χ1v) is 6.51. The Balaban J connectivity index is 2.31. The van der Waals surface area contributed by atoms with E-state index in [2.05, 4.69) is 11.0 Å². The molecule has 1 saturated heterocycles. The average Bonchev–Trinajstić information content (AvgIpc) is 2.26. The highest BCUT2D eigenvalue weighted by Crippen LogP contribution is 2.28. The number of nitrogens with zero attached hydrogens (tertiary/aromatic N) is 2. The van der Waals surface area contributed by atoms with Crippen molar-refractivity contribution in [2.75, 3.05) is 19.6 Å². The molecule has 0 unspecified atom stereocenters. The van der Waals surface area contributed by atoms with Gasteiger partial charge in [-0.1, -0.05) is 0 Å². The van der Waals surface area contributed by atoms with Gasteiger partial charge in [0.1, 0.15) is 5.60 Å². The topological polar surface area (TPSA) is 79.3 Å². The number of primary amides is 1. The second-order valence-corrected chi connectivity index (χ2v) is 5.58. The van der Waals surface area contributed by atoms with Gasteiger partial charge in [0.05, 0.1) is 6.07 Å². The molecule has 0 aliphatic carbocycles. The van der Waals surface area contributed by atoms with E-state index in [0.717, 1.165) is 38.9 Å². The molecule has 0 aromatic heterocycles. The number of nitriles is 1. The molecule has 0 saturated carbocycles. The third kappa shape index (κ3) is 5.37. The van der Waals surface area contributed by atoms with Crippen molar-refractivity contribution >= 4 is 6.09 Å². The Morgan fingerprint density at radius 3 is 2.61 bits per heavy atom. The molecule has 0 aromatic carbocycles. The molecule has 5 nitrogen and oxygen atoms in total. The highest BCUT2D eigenvalue weighted by Gasteiger charge is 2.28. The summed E-state index contributed by atoms with van der Waals surface area (Å²) in [7, 11) is 0. The summed E-state index contributed by atoms with van der Waals surface area (Å²) in [6.45, 7) is 6.72. The number of hydrogen-bond donors (Lipinski definition) is 1. The summed E-state index contributed by atoms with van der Waals surface area (Å²) in [5.41, 5.74) is 4.58. The molecule has 5 heteroatoms. The van der Waals surface area contributed by atoms with Gasteiger partial charge >= 0.3 is 6.09 Å². The molecule has 1 amide bonds. The summed E-state index contributed by atoms with van der Waals surface area (Å²) < 4.78 is 5.11. The summed E-state index contributed by atoms with van der Waals surface area (Å²) in [5, 5.41) is 8.55. The fourth-order valence-corrected chi connectivity index (χ4v) is 2.63. The van der Waals surface area contributed by atoms with E-state index < -0.39 is 11.7 Å². The van der Waals surface area contributed by atoms with Crippen LogP contribution in [-0.4, -0.2) is 36.2 Å².